The third-order valence-corrected chi connectivity index (χ3v) is 3.05. The average molecular weight is 291 g/mol. The maximum absolute atomic E-state index is 12.2. The van der Waals surface area contributed by atoms with E-state index in [-0.39, 0.29) is 23.7 Å². The minimum Gasteiger partial charge on any atom is -0.464 e. The largest absolute Gasteiger partial charge is 0.464 e. The van der Waals surface area contributed by atoms with E-state index < -0.39 is 6.04 Å². The topological polar surface area (TPSA) is 55.4 Å². The summed E-state index contributed by atoms with van der Waals surface area (Å²) in [7, 11) is 0. The lowest BCUT2D eigenvalue weighted by molar-refractivity contribution is -0.148. The van der Waals surface area contributed by atoms with Crippen LogP contribution in [0.5, 0.6) is 0 Å². The molecule has 0 spiro atoms. The van der Waals surface area contributed by atoms with E-state index >= 15 is 0 Å². The second kappa shape index (κ2) is 7.81. The van der Waals surface area contributed by atoms with Crippen molar-refractivity contribution in [3.05, 3.63) is 35.4 Å². The Labute approximate surface area is 126 Å². The van der Waals surface area contributed by atoms with Crippen molar-refractivity contribution in [2.75, 3.05) is 6.61 Å². The number of esters is 1. The highest BCUT2D eigenvalue weighted by atomic mass is 16.5. The van der Waals surface area contributed by atoms with Gasteiger partial charge in [-0.15, -0.1) is 0 Å². The van der Waals surface area contributed by atoms with Crippen LogP contribution in [-0.4, -0.2) is 24.5 Å². The zero-order valence-corrected chi connectivity index (χ0v) is 13.5. The van der Waals surface area contributed by atoms with E-state index in [0.717, 1.165) is 5.56 Å². The van der Waals surface area contributed by atoms with Crippen molar-refractivity contribution < 1.29 is 14.3 Å². The van der Waals surface area contributed by atoms with Gasteiger partial charge in [-0.2, -0.15) is 0 Å². The number of nitrogens with one attached hydrogen (secondary N) is 1. The molecule has 0 aromatic heterocycles. The summed E-state index contributed by atoms with van der Waals surface area (Å²) in [5.74, 6) is -0.383. The molecule has 1 aromatic carbocycles. The molecular weight excluding hydrogens is 266 g/mol. The molecule has 0 aliphatic rings. The van der Waals surface area contributed by atoms with Crippen LogP contribution in [0.1, 0.15) is 43.6 Å². The Balaban J connectivity index is 2.74. The van der Waals surface area contributed by atoms with E-state index in [2.05, 4.69) is 5.32 Å². The van der Waals surface area contributed by atoms with Crippen LogP contribution in [0.4, 0.5) is 0 Å². The average Bonchev–Trinajstić information content (AvgIpc) is 2.41. The molecular formula is C17H25NO3. The maximum atomic E-state index is 12.2. The number of carbonyl (C=O) groups is 2. The molecule has 0 aliphatic heterocycles. The number of benzene rings is 1. The first-order chi connectivity index (χ1) is 9.81. The number of amides is 1. The molecule has 0 unspecified atom stereocenters. The highest BCUT2D eigenvalue weighted by molar-refractivity contribution is 5.97. The normalized spacial score (nSPS) is 12.3. The van der Waals surface area contributed by atoms with Crippen LogP contribution in [0.25, 0.3) is 0 Å². The lowest BCUT2D eigenvalue weighted by Gasteiger charge is -2.21. The van der Waals surface area contributed by atoms with Gasteiger partial charge in [0, 0.05) is 5.56 Å². The van der Waals surface area contributed by atoms with Gasteiger partial charge in [-0.25, -0.2) is 4.79 Å². The first-order valence-corrected chi connectivity index (χ1v) is 7.35. The van der Waals surface area contributed by atoms with E-state index in [4.69, 9.17) is 4.74 Å². The lowest BCUT2D eigenvalue weighted by atomic mass is 10.0. The van der Waals surface area contributed by atoms with Gasteiger partial charge < -0.3 is 10.1 Å². The highest BCUT2D eigenvalue weighted by Gasteiger charge is 2.26. The summed E-state index contributed by atoms with van der Waals surface area (Å²) in [6, 6.07) is 6.65. The Morgan fingerprint density at radius 3 is 2.38 bits per heavy atom. The summed E-state index contributed by atoms with van der Waals surface area (Å²) in [6.45, 7) is 10.0. The van der Waals surface area contributed by atoms with Crippen LogP contribution in [0.3, 0.4) is 0 Å². The number of aryl methyl sites for hydroxylation is 1. The van der Waals surface area contributed by atoms with Crippen molar-refractivity contribution in [1.82, 2.24) is 5.32 Å². The van der Waals surface area contributed by atoms with E-state index in [1.54, 1.807) is 12.1 Å². The Morgan fingerprint density at radius 1 is 1.19 bits per heavy atom. The molecule has 0 bridgehead atoms. The van der Waals surface area contributed by atoms with Gasteiger partial charge in [0.1, 0.15) is 6.04 Å². The van der Waals surface area contributed by atoms with Gasteiger partial charge in [-0.1, -0.05) is 45.4 Å². The fourth-order valence-electron chi connectivity index (χ4n) is 1.85. The van der Waals surface area contributed by atoms with Crippen LogP contribution in [-0.2, 0) is 9.53 Å². The molecule has 1 amide bonds. The van der Waals surface area contributed by atoms with Crippen molar-refractivity contribution in [3.8, 4) is 0 Å². The summed E-state index contributed by atoms with van der Waals surface area (Å²) in [4.78, 5) is 24.3. The predicted octanol–water partition coefficient (Wildman–Crippen LogP) is 2.95. The Hall–Kier alpha value is -1.84. The zero-order valence-electron chi connectivity index (χ0n) is 13.5. The summed E-state index contributed by atoms with van der Waals surface area (Å²) in [6.07, 6.45) is 0. The lowest BCUT2D eigenvalue weighted by Crippen LogP contribution is -2.45. The van der Waals surface area contributed by atoms with E-state index in [1.807, 2.05) is 46.8 Å². The SMILES string of the molecule is Cc1cccc(C(=O)N[C@H](C(=O)OCC(C)C)C(C)C)c1. The van der Waals surface area contributed by atoms with Crippen molar-refractivity contribution in [2.24, 2.45) is 11.8 Å². The molecule has 4 nitrogen and oxygen atoms in total. The van der Waals surface area contributed by atoms with Crippen molar-refractivity contribution in [2.45, 2.75) is 40.7 Å². The van der Waals surface area contributed by atoms with Gasteiger partial charge in [0.2, 0.25) is 0 Å². The maximum Gasteiger partial charge on any atom is 0.328 e. The molecule has 21 heavy (non-hydrogen) atoms. The fraction of sp³-hybridized carbons (Fsp3) is 0.529. The van der Waals surface area contributed by atoms with Crippen LogP contribution in [0.2, 0.25) is 0 Å². The molecule has 1 N–H and O–H groups in total. The zero-order chi connectivity index (χ0) is 16.0. The summed E-state index contributed by atoms with van der Waals surface area (Å²) >= 11 is 0. The van der Waals surface area contributed by atoms with E-state index in [1.165, 1.54) is 0 Å². The molecule has 0 aliphatic carbocycles. The molecule has 116 valence electrons. The standard InChI is InChI=1S/C17H25NO3/c1-11(2)10-21-17(20)15(12(3)4)18-16(19)14-8-6-7-13(5)9-14/h6-9,11-12,15H,10H2,1-5H3,(H,18,19)/t15-/m0/s1. The quantitative estimate of drug-likeness (QED) is 0.820. The van der Waals surface area contributed by atoms with Crippen LogP contribution in [0, 0.1) is 18.8 Å². The first-order valence-electron chi connectivity index (χ1n) is 7.35. The Bertz CT molecular complexity index is 495. The molecule has 0 saturated carbocycles. The number of rotatable bonds is 6. The first kappa shape index (κ1) is 17.2. The number of carbonyl (C=O) groups excluding carboxylic acids is 2. The third-order valence-electron chi connectivity index (χ3n) is 3.05. The van der Waals surface area contributed by atoms with Crippen molar-refractivity contribution >= 4 is 11.9 Å². The van der Waals surface area contributed by atoms with E-state index in [0.29, 0.717) is 12.2 Å². The minimum atomic E-state index is -0.628. The molecule has 1 atom stereocenters. The Kier molecular flexibility index (Phi) is 6.40. The molecule has 0 heterocycles. The number of hydrogen-bond donors (Lipinski definition) is 1. The van der Waals surface area contributed by atoms with Crippen molar-refractivity contribution in [3.63, 3.8) is 0 Å². The molecule has 0 fully saturated rings. The van der Waals surface area contributed by atoms with Gasteiger partial charge >= 0.3 is 5.97 Å². The van der Waals surface area contributed by atoms with Gasteiger partial charge in [0.05, 0.1) is 6.61 Å². The molecule has 1 rings (SSSR count). The molecule has 1 aromatic rings. The fourth-order valence-corrected chi connectivity index (χ4v) is 1.85. The van der Waals surface area contributed by atoms with Gasteiger partial charge in [0.25, 0.3) is 5.91 Å². The second-order valence-corrected chi connectivity index (χ2v) is 6.09. The molecule has 4 heteroatoms. The van der Waals surface area contributed by atoms with Gasteiger partial charge in [0.15, 0.2) is 0 Å². The number of ether oxygens (including phenoxy) is 1. The van der Waals surface area contributed by atoms with Crippen molar-refractivity contribution in [1.29, 1.82) is 0 Å². The predicted molar refractivity (Wildman–Crippen MR) is 83.1 cm³/mol. The number of hydrogen-bond acceptors (Lipinski definition) is 3. The highest BCUT2D eigenvalue weighted by Crippen LogP contribution is 2.09. The second-order valence-electron chi connectivity index (χ2n) is 6.09. The minimum absolute atomic E-state index is 0.0292. The summed E-state index contributed by atoms with van der Waals surface area (Å²) in [5.41, 5.74) is 1.56. The monoisotopic (exact) mass is 291 g/mol. The summed E-state index contributed by atoms with van der Waals surface area (Å²) in [5, 5.41) is 2.77. The van der Waals surface area contributed by atoms with Gasteiger partial charge in [-0.3, -0.25) is 4.79 Å². The third kappa shape index (κ3) is 5.58. The van der Waals surface area contributed by atoms with E-state index in [9.17, 15) is 9.59 Å². The Morgan fingerprint density at radius 2 is 1.86 bits per heavy atom. The van der Waals surface area contributed by atoms with Crippen LogP contribution >= 0.6 is 0 Å². The van der Waals surface area contributed by atoms with Crippen LogP contribution in [0.15, 0.2) is 24.3 Å². The summed E-state index contributed by atoms with van der Waals surface area (Å²) < 4.78 is 5.23. The van der Waals surface area contributed by atoms with Gasteiger partial charge in [-0.05, 0) is 30.9 Å². The molecule has 0 radical (unpaired) electrons. The smallest absolute Gasteiger partial charge is 0.328 e. The molecule has 0 saturated heterocycles. The van der Waals surface area contributed by atoms with Crippen LogP contribution < -0.4 is 5.32 Å².